The number of hydrogen-bond acceptors (Lipinski definition) is 2. The molecule has 1 aromatic rings. The van der Waals surface area contributed by atoms with Crippen LogP contribution in [0.3, 0.4) is 0 Å². The molecule has 0 atom stereocenters. The summed E-state index contributed by atoms with van der Waals surface area (Å²) in [4.78, 5) is 2.38. The van der Waals surface area contributed by atoms with E-state index in [1.54, 1.807) is 0 Å². The third kappa shape index (κ3) is 3.89. The number of anilines is 1. The fourth-order valence-electron chi connectivity index (χ4n) is 2.20. The second kappa shape index (κ2) is 7.65. The van der Waals surface area contributed by atoms with Crippen molar-refractivity contribution in [3.8, 4) is 0 Å². The van der Waals surface area contributed by atoms with Gasteiger partial charge in [0.1, 0.15) is 0 Å². The maximum Gasteiger partial charge on any atom is 0.0471 e. The first-order valence-corrected chi connectivity index (χ1v) is 7.24. The number of nitrogens with one attached hydrogen (secondary N) is 1. The largest absolute Gasteiger partial charge is 0.369 e. The SMILES string of the molecule is CCCNCc1c(Cl)cccc1N(CC)C(C)C. The lowest BCUT2D eigenvalue weighted by Gasteiger charge is -2.30. The number of halogens is 1. The Morgan fingerprint density at radius 3 is 2.56 bits per heavy atom. The molecular formula is C15H25ClN2. The van der Waals surface area contributed by atoms with E-state index in [1.165, 1.54) is 11.3 Å². The maximum absolute atomic E-state index is 6.35. The molecule has 18 heavy (non-hydrogen) atoms. The Morgan fingerprint density at radius 2 is 2.00 bits per heavy atom. The van der Waals surface area contributed by atoms with E-state index >= 15 is 0 Å². The van der Waals surface area contributed by atoms with Gasteiger partial charge in [0.05, 0.1) is 0 Å². The Labute approximate surface area is 116 Å². The highest BCUT2D eigenvalue weighted by molar-refractivity contribution is 6.31. The topological polar surface area (TPSA) is 15.3 Å². The fourth-order valence-corrected chi connectivity index (χ4v) is 2.43. The van der Waals surface area contributed by atoms with Crippen LogP contribution in [-0.4, -0.2) is 19.1 Å². The van der Waals surface area contributed by atoms with Crippen LogP contribution in [0.1, 0.15) is 39.7 Å². The van der Waals surface area contributed by atoms with Gasteiger partial charge >= 0.3 is 0 Å². The van der Waals surface area contributed by atoms with Crippen LogP contribution < -0.4 is 10.2 Å². The highest BCUT2D eigenvalue weighted by Crippen LogP contribution is 2.28. The van der Waals surface area contributed by atoms with Gasteiger partial charge in [0, 0.05) is 35.4 Å². The van der Waals surface area contributed by atoms with Crippen molar-refractivity contribution in [2.75, 3.05) is 18.0 Å². The Kier molecular flexibility index (Phi) is 6.51. The molecule has 2 nitrogen and oxygen atoms in total. The van der Waals surface area contributed by atoms with Crippen molar-refractivity contribution in [3.05, 3.63) is 28.8 Å². The van der Waals surface area contributed by atoms with E-state index < -0.39 is 0 Å². The molecule has 0 saturated heterocycles. The minimum Gasteiger partial charge on any atom is -0.369 e. The van der Waals surface area contributed by atoms with Gasteiger partial charge in [-0.3, -0.25) is 0 Å². The zero-order chi connectivity index (χ0) is 13.5. The number of rotatable bonds is 7. The normalized spacial score (nSPS) is 11.0. The first kappa shape index (κ1) is 15.3. The quantitative estimate of drug-likeness (QED) is 0.750. The van der Waals surface area contributed by atoms with Gasteiger partial charge in [-0.15, -0.1) is 0 Å². The molecule has 0 bridgehead atoms. The average molecular weight is 269 g/mol. The molecular weight excluding hydrogens is 244 g/mol. The van der Waals surface area contributed by atoms with Crippen molar-refractivity contribution in [2.24, 2.45) is 0 Å². The van der Waals surface area contributed by atoms with Gasteiger partial charge in [-0.05, 0) is 45.9 Å². The molecule has 1 N–H and O–H groups in total. The van der Waals surface area contributed by atoms with E-state index in [0.717, 1.165) is 31.1 Å². The van der Waals surface area contributed by atoms with Gasteiger partial charge in [-0.25, -0.2) is 0 Å². The molecule has 0 radical (unpaired) electrons. The predicted molar refractivity (Wildman–Crippen MR) is 81.6 cm³/mol. The molecule has 102 valence electrons. The average Bonchev–Trinajstić information content (AvgIpc) is 2.33. The first-order chi connectivity index (χ1) is 8.61. The van der Waals surface area contributed by atoms with Crippen LogP contribution in [0, 0.1) is 0 Å². The Morgan fingerprint density at radius 1 is 1.28 bits per heavy atom. The van der Waals surface area contributed by atoms with E-state index in [9.17, 15) is 0 Å². The van der Waals surface area contributed by atoms with Crippen LogP contribution in [0.4, 0.5) is 5.69 Å². The standard InChI is InChI=1S/C15H25ClN2/c1-5-10-17-11-13-14(16)8-7-9-15(13)18(6-2)12(3)4/h7-9,12,17H,5-6,10-11H2,1-4H3. The minimum absolute atomic E-state index is 0.485. The summed E-state index contributed by atoms with van der Waals surface area (Å²) in [5.41, 5.74) is 2.46. The van der Waals surface area contributed by atoms with Gasteiger partial charge in [-0.2, -0.15) is 0 Å². The summed E-state index contributed by atoms with van der Waals surface area (Å²) in [6.45, 7) is 11.7. The van der Waals surface area contributed by atoms with Crippen LogP contribution in [0.2, 0.25) is 5.02 Å². The fraction of sp³-hybridized carbons (Fsp3) is 0.600. The third-order valence-corrected chi connectivity index (χ3v) is 3.45. The molecule has 0 fully saturated rings. The Bertz CT molecular complexity index is 364. The minimum atomic E-state index is 0.485. The molecule has 0 unspecified atom stereocenters. The van der Waals surface area contributed by atoms with Gasteiger partial charge < -0.3 is 10.2 Å². The summed E-state index contributed by atoms with van der Waals surface area (Å²) in [6.07, 6.45) is 1.14. The van der Waals surface area contributed by atoms with Crippen molar-refractivity contribution >= 4 is 17.3 Å². The molecule has 0 spiro atoms. The van der Waals surface area contributed by atoms with Crippen LogP contribution in [0.25, 0.3) is 0 Å². The highest BCUT2D eigenvalue weighted by Gasteiger charge is 2.14. The van der Waals surface area contributed by atoms with E-state index in [-0.39, 0.29) is 0 Å². The second-order valence-electron chi connectivity index (χ2n) is 4.79. The summed E-state index contributed by atoms with van der Waals surface area (Å²) in [5.74, 6) is 0. The number of hydrogen-bond donors (Lipinski definition) is 1. The maximum atomic E-state index is 6.35. The van der Waals surface area contributed by atoms with Gasteiger partial charge in [-0.1, -0.05) is 24.6 Å². The van der Waals surface area contributed by atoms with E-state index in [4.69, 9.17) is 11.6 Å². The van der Waals surface area contributed by atoms with Gasteiger partial charge in [0.25, 0.3) is 0 Å². The van der Waals surface area contributed by atoms with Crippen molar-refractivity contribution in [3.63, 3.8) is 0 Å². The lowest BCUT2D eigenvalue weighted by molar-refractivity contribution is 0.661. The molecule has 0 saturated carbocycles. The zero-order valence-electron chi connectivity index (χ0n) is 12.0. The molecule has 0 aliphatic rings. The zero-order valence-corrected chi connectivity index (χ0v) is 12.7. The van der Waals surface area contributed by atoms with Gasteiger partial charge in [0.15, 0.2) is 0 Å². The number of nitrogens with zero attached hydrogens (tertiary/aromatic N) is 1. The van der Waals surface area contributed by atoms with Gasteiger partial charge in [0.2, 0.25) is 0 Å². The molecule has 3 heteroatoms. The predicted octanol–water partition coefficient (Wildman–Crippen LogP) is 4.07. The highest BCUT2D eigenvalue weighted by atomic mass is 35.5. The molecule has 0 amide bonds. The van der Waals surface area contributed by atoms with Crippen molar-refractivity contribution < 1.29 is 0 Å². The molecule has 0 heterocycles. The summed E-state index contributed by atoms with van der Waals surface area (Å²) in [5, 5.41) is 4.30. The number of benzene rings is 1. The van der Waals surface area contributed by atoms with Crippen LogP contribution in [-0.2, 0) is 6.54 Å². The summed E-state index contributed by atoms with van der Waals surface area (Å²) >= 11 is 6.35. The summed E-state index contributed by atoms with van der Waals surface area (Å²) in [7, 11) is 0. The molecule has 1 rings (SSSR count). The van der Waals surface area contributed by atoms with E-state index in [0.29, 0.717) is 6.04 Å². The Balaban J connectivity index is 2.98. The van der Waals surface area contributed by atoms with Crippen LogP contribution >= 0.6 is 11.6 Å². The monoisotopic (exact) mass is 268 g/mol. The lowest BCUT2D eigenvalue weighted by atomic mass is 10.1. The molecule has 0 aromatic heterocycles. The third-order valence-electron chi connectivity index (χ3n) is 3.10. The smallest absolute Gasteiger partial charge is 0.0471 e. The summed E-state index contributed by atoms with van der Waals surface area (Å²) in [6, 6.07) is 6.66. The van der Waals surface area contributed by atoms with Crippen molar-refractivity contribution in [2.45, 2.75) is 46.7 Å². The van der Waals surface area contributed by atoms with Crippen LogP contribution in [0.15, 0.2) is 18.2 Å². The van der Waals surface area contributed by atoms with Crippen LogP contribution in [0.5, 0.6) is 0 Å². The summed E-state index contributed by atoms with van der Waals surface area (Å²) < 4.78 is 0. The van der Waals surface area contributed by atoms with Crippen molar-refractivity contribution in [1.82, 2.24) is 5.32 Å². The lowest BCUT2D eigenvalue weighted by Crippen LogP contribution is -2.32. The molecule has 0 aliphatic heterocycles. The first-order valence-electron chi connectivity index (χ1n) is 6.86. The van der Waals surface area contributed by atoms with E-state index in [1.807, 2.05) is 12.1 Å². The second-order valence-corrected chi connectivity index (χ2v) is 5.20. The van der Waals surface area contributed by atoms with E-state index in [2.05, 4.69) is 44.0 Å². The van der Waals surface area contributed by atoms with Crippen molar-refractivity contribution in [1.29, 1.82) is 0 Å². The Hall–Kier alpha value is -0.730. The molecule has 1 aromatic carbocycles. The molecule has 0 aliphatic carbocycles.